The van der Waals surface area contributed by atoms with Gasteiger partial charge < -0.3 is 5.32 Å². The zero-order chi connectivity index (χ0) is 15.1. The van der Waals surface area contributed by atoms with Gasteiger partial charge in [0, 0.05) is 6.04 Å². The van der Waals surface area contributed by atoms with Gasteiger partial charge in [-0.25, -0.2) is 0 Å². The van der Waals surface area contributed by atoms with E-state index in [1.54, 1.807) is 5.57 Å². The summed E-state index contributed by atoms with van der Waals surface area (Å²) < 4.78 is 0. The summed E-state index contributed by atoms with van der Waals surface area (Å²) in [5.41, 5.74) is 1.67. The van der Waals surface area contributed by atoms with E-state index >= 15 is 0 Å². The molecule has 1 nitrogen and oxygen atoms in total. The number of hydrogen-bond acceptors (Lipinski definition) is 1. The summed E-state index contributed by atoms with van der Waals surface area (Å²) in [6.45, 7) is 6.40. The number of hydrogen-bond donors (Lipinski definition) is 1. The van der Waals surface area contributed by atoms with Crippen molar-refractivity contribution < 1.29 is 0 Å². The maximum atomic E-state index is 3.88. The lowest BCUT2D eigenvalue weighted by molar-refractivity contribution is 0.0473. The van der Waals surface area contributed by atoms with Crippen molar-refractivity contribution in [2.75, 3.05) is 6.54 Å². The molecule has 122 valence electrons. The molecular weight excluding hydrogens is 266 g/mol. The highest BCUT2D eigenvalue weighted by Gasteiger charge is 2.50. The Kier molecular flexibility index (Phi) is 4.19. The lowest BCUT2D eigenvalue weighted by Gasteiger charge is -2.48. The summed E-state index contributed by atoms with van der Waals surface area (Å²) in [6, 6.07) is 0.838. The van der Waals surface area contributed by atoms with Crippen molar-refractivity contribution in [3.63, 3.8) is 0 Å². The maximum Gasteiger partial charge on any atom is 0.0101 e. The van der Waals surface area contributed by atoms with Crippen LogP contribution >= 0.6 is 0 Å². The molecule has 0 radical (unpaired) electrons. The van der Waals surface area contributed by atoms with Gasteiger partial charge in [0.05, 0.1) is 0 Å². The molecule has 7 unspecified atom stereocenters. The molecule has 1 saturated heterocycles. The number of nitrogens with one attached hydrogen (secondary N) is 1. The van der Waals surface area contributed by atoms with Gasteiger partial charge in [-0.3, -0.25) is 0 Å². The average molecular weight is 300 g/mol. The van der Waals surface area contributed by atoms with E-state index in [0.29, 0.717) is 0 Å². The Balaban J connectivity index is 1.44. The monoisotopic (exact) mass is 299 g/mol. The Morgan fingerprint density at radius 3 is 2.86 bits per heavy atom. The molecule has 0 aromatic rings. The van der Waals surface area contributed by atoms with Gasteiger partial charge in [0.1, 0.15) is 0 Å². The molecule has 3 fully saturated rings. The Hall–Kier alpha value is -0.560. The second-order valence-electron chi connectivity index (χ2n) is 8.66. The highest BCUT2D eigenvalue weighted by Crippen LogP contribution is 2.55. The van der Waals surface area contributed by atoms with Crippen molar-refractivity contribution in [2.24, 2.45) is 35.5 Å². The van der Waals surface area contributed by atoms with E-state index < -0.39 is 0 Å². The highest BCUT2D eigenvalue weighted by molar-refractivity contribution is 5.22. The Morgan fingerprint density at radius 2 is 2.05 bits per heavy atom. The summed E-state index contributed by atoms with van der Waals surface area (Å²) in [5, 5.41) is 3.88. The summed E-state index contributed by atoms with van der Waals surface area (Å²) in [5.74, 6) is 5.90. The normalized spacial score (nSPS) is 47.2. The van der Waals surface area contributed by atoms with Crippen molar-refractivity contribution in [2.45, 2.75) is 64.8 Å². The molecular formula is C21H33N. The van der Waals surface area contributed by atoms with E-state index in [1.165, 1.54) is 51.5 Å². The predicted octanol–water partition coefficient (Wildman–Crippen LogP) is 4.95. The van der Waals surface area contributed by atoms with Gasteiger partial charge in [-0.05, 0) is 87.0 Å². The molecule has 0 aromatic carbocycles. The minimum atomic E-state index is 0.838. The first kappa shape index (κ1) is 15.0. The topological polar surface area (TPSA) is 12.0 Å². The van der Waals surface area contributed by atoms with Crippen LogP contribution in [-0.2, 0) is 0 Å². The number of piperidine rings is 1. The first-order valence-corrected chi connectivity index (χ1v) is 9.82. The van der Waals surface area contributed by atoms with Gasteiger partial charge in [0.2, 0.25) is 0 Å². The van der Waals surface area contributed by atoms with Crippen LogP contribution in [0.2, 0.25) is 0 Å². The molecule has 1 heterocycles. The molecule has 4 aliphatic rings. The van der Waals surface area contributed by atoms with E-state index in [0.717, 1.165) is 41.5 Å². The van der Waals surface area contributed by atoms with Crippen LogP contribution in [0.5, 0.6) is 0 Å². The lowest BCUT2D eigenvalue weighted by Crippen LogP contribution is -2.51. The minimum Gasteiger partial charge on any atom is -0.314 e. The van der Waals surface area contributed by atoms with Gasteiger partial charge in [0.15, 0.2) is 0 Å². The van der Waals surface area contributed by atoms with Crippen LogP contribution < -0.4 is 5.32 Å². The lowest BCUT2D eigenvalue weighted by atomic mass is 9.62. The fraction of sp³-hybridized carbons (Fsp3) is 0.810. The Labute approximate surface area is 136 Å². The fourth-order valence-electron chi connectivity index (χ4n) is 6.48. The van der Waals surface area contributed by atoms with Gasteiger partial charge in [-0.15, -0.1) is 0 Å². The van der Waals surface area contributed by atoms with E-state index in [1.807, 2.05) is 0 Å². The van der Waals surface area contributed by atoms with Gasteiger partial charge in [0.25, 0.3) is 0 Å². The maximum absolute atomic E-state index is 3.88. The smallest absolute Gasteiger partial charge is 0.0101 e. The van der Waals surface area contributed by atoms with Crippen LogP contribution in [0.15, 0.2) is 23.8 Å². The minimum absolute atomic E-state index is 0.838. The Bertz CT molecular complexity index is 463. The molecule has 0 aromatic heterocycles. The van der Waals surface area contributed by atoms with E-state index in [-0.39, 0.29) is 0 Å². The Morgan fingerprint density at radius 1 is 1.14 bits per heavy atom. The molecule has 0 spiro atoms. The van der Waals surface area contributed by atoms with Crippen LogP contribution in [0.25, 0.3) is 0 Å². The molecule has 22 heavy (non-hydrogen) atoms. The summed E-state index contributed by atoms with van der Waals surface area (Å²) in [6.07, 6.45) is 16.8. The quantitative estimate of drug-likeness (QED) is 0.777. The molecule has 0 bridgehead atoms. The van der Waals surface area contributed by atoms with Crippen molar-refractivity contribution in [3.8, 4) is 0 Å². The number of rotatable bonds is 3. The van der Waals surface area contributed by atoms with Gasteiger partial charge in [-0.1, -0.05) is 37.6 Å². The van der Waals surface area contributed by atoms with Crippen molar-refractivity contribution >= 4 is 0 Å². The zero-order valence-electron chi connectivity index (χ0n) is 14.4. The first-order valence-electron chi connectivity index (χ1n) is 9.82. The third-order valence-corrected chi connectivity index (χ3v) is 7.64. The SMILES string of the molecule is CC1CC2C(C)C3CCCNC3CC2C1CCC1=CC=CC1. The molecule has 3 aliphatic carbocycles. The van der Waals surface area contributed by atoms with Crippen LogP contribution in [0.3, 0.4) is 0 Å². The number of fused-ring (bicyclic) bond motifs is 2. The molecule has 1 heteroatoms. The van der Waals surface area contributed by atoms with Crippen molar-refractivity contribution in [3.05, 3.63) is 23.8 Å². The standard InChI is InChI=1S/C21H33N/c1-14-12-19-15(2)18-8-5-11-22-21(18)13-20(19)17(14)10-9-16-6-3-4-7-16/h3-4,6,14-15,17-22H,5,7-13H2,1-2H3. The van der Waals surface area contributed by atoms with E-state index in [2.05, 4.69) is 37.4 Å². The van der Waals surface area contributed by atoms with E-state index in [4.69, 9.17) is 0 Å². The summed E-state index contributed by atoms with van der Waals surface area (Å²) in [4.78, 5) is 0. The van der Waals surface area contributed by atoms with Gasteiger partial charge >= 0.3 is 0 Å². The zero-order valence-corrected chi connectivity index (χ0v) is 14.4. The summed E-state index contributed by atoms with van der Waals surface area (Å²) >= 11 is 0. The van der Waals surface area contributed by atoms with Crippen LogP contribution in [0.1, 0.15) is 58.8 Å². The number of allylic oxidation sites excluding steroid dienone is 4. The van der Waals surface area contributed by atoms with Crippen LogP contribution in [0, 0.1) is 35.5 Å². The first-order chi connectivity index (χ1) is 10.7. The highest BCUT2D eigenvalue weighted by atomic mass is 14.9. The van der Waals surface area contributed by atoms with Gasteiger partial charge in [-0.2, -0.15) is 0 Å². The third-order valence-electron chi connectivity index (χ3n) is 7.64. The second-order valence-corrected chi connectivity index (χ2v) is 8.66. The molecule has 1 N–H and O–H groups in total. The van der Waals surface area contributed by atoms with Crippen molar-refractivity contribution in [1.29, 1.82) is 0 Å². The van der Waals surface area contributed by atoms with Crippen LogP contribution in [0.4, 0.5) is 0 Å². The fourth-order valence-corrected chi connectivity index (χ4v) is 6.48. The van der Waals surface area contributed by atoms with E-state index in [9.17, 15) is 0 Å². The molecule has 1 aliphatic heterocycles. The second kappa shape index (κ2) is 6.15. The predicted molar refractivity (Wildman–Crippen MR) is 93.6 cm³/mol. The van der Waals surface area contributed by atoms with Crippen molar-refractivity contribution in [1.82, 2.24) is 5.32 Å². The largest absolute Gasteiger partial charge is 0.314 e. The van der Waals surface area contributed by atoms with Crippen LogP contribution in [-0.4, -0.2) is 12.6 Å². The third kappa shape index (κ3) is 2.60. The average Bonchev–Trinajstić information content (AvgIpc) is 3.14. The molecule has 4 rings (SSSR count). The summed E-state index contributed by atoms with van der Waals surface area (Å²) in [7, 11) is 0. The molecule has 0 amide bonds. The molecule has 7 atom stereocenters. The molecule has 2 saturated carbocycles.